The predicted molar refractivity (Wildman–Crippen MR) is 94.0 cm³/mol. The molecule has 0 amide bonds. The number of nitrogens with one attached hydrogen (secondary N) is 2. The van der Waals surface area contributed by atoms with Crippen LogP contribution < -0.4 is 10.6 Å². The van der Waals surface area contributed by atoms with E-state index < -0.39 is 11.7 Å². The Labute approximate surface area is 156 Å². The summed E-state index contributed by atoms with van der Waals surface area (Å²) in [6.45, 7) is 0. The molecule has 2 aromatic carbocycles. The first kappa shape index (κ1) is 18.4. The summed E-state index contributed by atoms with van der Waals surface area (Å²) in [5.41, 5.74) is 0.0255. The summed E-state index contributed by atoms with van der Waals surface area (Å²) in [5.74, 6) is 0.189. The van der Waals surface area contributed by atoms with Gasteiger partial charge < -0.3 is 10.6 Å². The number of nitrogens with zero attached hydrogens (tertiary/aromatic N) is 4. The zero-order chi connectivity index (χ0) is 19.4. The van der Waals surface area contributed by atoms with Crippen molar-refractivity contribution >= 4 is 34.7 Å². The second-order valence-electron chi connectivity index (χ2n) is 5.26. The Balaban J connectivity index is 1.86. The Kier molecular flexibility index (Phi) is 5.09. The Morgan fingerprint density at radius 3 is 2.56 bits per heavy atom. The van der Waals surface area contributed by atoms with E-state index >= 15 is 0 Å². The van der Waals surface area contributed by atoms with Crippen molar-refractivity contribution in [2.75, 3.05) is 10.6 Å². The molecule has 3 rings (SSSR count). The monoisotopic (exact) mass is 390 g/mol. The molecule has 0 fully saturated rings. The van der Waals surface area contributed by atoms with Crippen LogP contribution in [-0.4, -0.2) is 15.2 Å². The highest BCUT2D eigenvalue weighted by Crippen LogP contribution is 2.34. The highest BCUT2D eigenvalue weighted by molar-refractivity contribution is 6.33. The summed E-state index contributed by atoms with van der Waals surface area (Å²) in [4.78, 5) is 4.13. The molecule has 10 heteroatoms. The van der Waals surface area contributed by atoms with Crippen LogP contribution in [0.3, 0.4) is 0 Å². The normalized spacial score (nSPS) is 10.9. The van der Waals surface area contributed by atoms with Gasteiger partial charge in [0.15, 0.2) is 5.82 Å². The molecule has 0 saturated carbocycles. The Morgan fingerprint density at radius 1 is 1.04 bits per heavy atom. The average molecular weight is 391 g/mol. The minimum atomic E-state index is -4.51. The van der Waals surface area contributed by atoms with Crippen molar-refractivity contribution in [3.8, 4) is 6.07 Å². The molecule has 136 valence electrons. The van der Waals surface area contributed by atoms with Gasteiger partial charge in [-0.2, -0.15) is 28.5 Å². The number of benzene rings is 2. The SMILES string of the molecule is N#Cc1ccccc1Nc1cnnc(Nc2cc(C(F)(F)F)ccc2Cl)n1. The first-order chi connectivity index (χ1) is 12.9. The number of rotatable bonds is 4. The first-order valence-corrected chi connectivity index (χ1v) is 7.84. The van der Waals surface area contributed by atoms with E-state index in [2.05, 4.69) is 25.8 Å². The van der Waals surface area contributed by atoms with Crippen LogP contribution in [0.2, 0.25) is 5.02 Å². The molecule has 27 heavy (non-hydrogen) atoms. The number of alkyl halides is 3. The molecule has 0 unspecified atom stereocenters. The summed E-state index contributed by atoms with van der Waals surface area (Å²) in [5, 5.41) is 22.2. The molecule has 0 aliphatic rings. The van der Waals surface area contributed by atoms with Crippen molar-refractivity contribution < 1.29 is 13.2 Å². The molecule has 1 aromatic heterocycles. The Morgan fingerprint density at radius 2 is 1.81 bits per heavy atom. The van der Waals surface area contributed by atoms with Gasteiger partial charge in [-0.15, -0.1) is 5.10 Å². The topological polar surface area (TPSA) is 86.5 Å². The lowest BCUT2D eigenvalue weighted by molar-refractivity contribution is -0.137. The van der Waals surface area contributed by atoms with Gasteiger partial charge in [0.2, 0.25) is 5.95 Å². The van der Waals surface area contributed by atoms with Gasteiger partial charge in [-0.1, -0.05) is 23.7 Å². The van der Waals surface area contributed by atoms with Crippen LogP contribution in [0.4, 0.5) is 36.3 Å². The molecular weight excluding hydrogens is 381 g/mol. The zero-order valence-corrected chi connectivity index (χ0v) is 14.2. The van der Waals surface area contributed by atoms with Gasteiger partial charge in [-0.25, -0.2) is 0 Å². The number of hydrogen-bond acceptors (Lipinski definition) is 6. The van der Waals surface area contributed by atoms with Crippen LogP contribution in [0.15, 0.2) is 48.7 Å². The summed E-state index contributed by atoms with van der Waals surface area (Å²) < 4.78 is 38.6. The molecular formula is C17H10ClF3N6. The van der Waals surface area contributed by atoms with Gasteiger partial charge in [-0.05, 0) is 30.3 Å². The molecule has 0 radical (unpaired) electrons. The van der Waals surface area contributed by atoms with Gasteiger partial charge in [0.1, 0.15) is 6.07 Å². The van der Waals surface area contributed by atoms with Crippen molar-refractivity contribution in [2.45, 2.75) is 6.18 Å². The number of halogens is 4. The Hall–Kier alpha value is -3.38. The van der Waals surface area contributed by atoms with Crippen molar-refractivity contribution in [3.63, 3.8) is 0 Å². The lowest BCUT2D eigenvalue weighted by Crippen LogP contribution is -2.07. The third-order valence-electron chi connectivity index (χ3n) is 3.41. The second kappa shape index (κ2) is 7.47. The van der Waals surface area contributed by atoms with Gasteiger partial charge in [0.25, 0.3) is 0 Å². The molecule has 0 aliphatic heterocycles. The van der Waals surface area contributed by atoms with Gasteiger partial charge >= 0.3 is 6.18 Å². The summed E-state index contributed by atoms with van der Waals surface area (Å²) in [7, 11) is 0. The first-order valence-electron chi connectivity index (χ1n) is 7.46. The molecule has 6 nitrogen and oxygen atoms in total. The van der Waals surface area contributed by atoms with E-state index in [9.17, 15) is 13.2 Å². The van der Waals surface area contributed by atoms with Crippen molar-refractivity contribution in [1.82, 2.24) is 15.2 Å². The number of anilines is 4. The lowest BCUT2D eigenvalue weighted by atomic mass is 10.2. The van der Waals surface area contributed by atoms with E-state index in [0.29, 0.717) is 11.3 Å². The summed E-state index contributed by atoms with van der Waals surface area (Å²) in [6, 6.07) is 11.6. The molecule has 2 N–H and O–H groups in total. The maximum Gasteiger partial charge on any atom is 0.416 e. The second-order valence-corrected chi connectivity index (χ2v) is 5.67. The van der Waals surface area contributed by atoms with Gasteiger partial charge in [-0.3, -0.25) is 0 Å². The quantitative estimate of drug-likeness (QED) is 0.658. The van der Waals surface area contributed by atoms with Crippen LogP contribution in [-0.2, 0) is 6.18 Å². The van der Waals surface area contributed by atoms with Crippen LogP contribution in [0.25, 0.3) is 0 Å². The number of hydrogen-bond donors (Lipinski definition) is 2. The standard InChI is InChI=1S/C17H10ClF3N6/c18-12-6-5-11(17(19,20)21)7-14(12)25-16-26-15(9-23-27-16)24-13-4-2-1-3-10(13)8-22/h1-7,9H,(H2,24,25,26,27). The minimum Gasteiger partial charge on any atom is -0.338 e. The van der Waals surface area contributed by atoms with Crippen molar-refractivity contribution in [3.05, 3.63) is 64.8 Å². The molecule has 0 saturated heterocycles. The maximum absolute atomic E-state index is 12.9. The molecule has 0 spiro atoms. The smallest absolute Gasteiger partial charge is 0.338 e. The van der Waals surface area contributed by atoms with Crippen LogP contribution >= 0.6 is 11.6 Å². The largest absolute Gasteiger partial charge is 0.416 e. The maximum atomic E-state index is 12.9. The number of nitriles is 1. The van der Waals surface area contributed by atoms with E-state index in [1.807, 2.05) is 6.07 Å². The molecule has 3 aromatic rings. The summed E-state index contributed by atoms with van der Waals surface area (Å²) >= 11 is 5.95. The minimum absolute atomic E-state index is 0.0112. The van der Waals surface area contributed by atoms with Crippen molar-refractivity contribution in [1.29, 1.82) is 5.26 Å². The van der Waals surface area contributed by atoms with Crippen LogP contribution in [0, 0.1) is 11.3 Å². The molecule has 1 heterocycles. The highest BCUT2D eigenvalue weighted by Gasteiger charge is 2.31. The lowest BCUT2D eigenvalue weighted by Gasteiger charge is -2.12. The molecule has 0 atom stereocenters. The fourth-order valence-electron chi connectivity index (χ4n) is 2.16. The third kappa shape index (κ3) is 4.43. The van der Waals surface area contributed by atoms with E-state index in [0.717, 1.165) is 18.2 Å². The molecule has 0 bridgehead atoms. The van der Waals surface area contributed by atoms with E-state index in [4.69, 9.17) is 16.9 Å². The summed E-state index contributed by atoms with van der Waals surface area (Å²) in [6.07, 6.45) is -3.20. The van der Waals surface area contributed by atoms with E-state index in [-0.39, 0.29) is 22.5 Å². The average Bonchev–Trinajstić information content (AvgIpc) is 2.63. The van der Waals surface area contributed by atoms with Crippen LogP contribution in [0.1, 0.15) is 11.1 Å². The third-order valence-corrected chi connectivity index (χ3v) is 3.74. The highest BCUT2D eigenvalue weighted by atomic mass is 35.5. The van der Waals surface area contributed by atoms with E-state index in [1.54, 1.807) is 24.3 Å². The van der Waals surface area contributed by atoms with Gasteiger partial charge in [0.05, 0.1) is 33.7 Å². The fourth-order valence-corrected chi connectivity index (χ4v) is 2.33. The number of aromatic nitrogens is 3. The van der Waals surface area contributed by atoms with E-state index in [1.165, 1.54) is 6.20 Å². The van der Waals surface area contributed by atoms with Gasteiger partial charge in [0, 0.05) is 0 Å². The fraction of sp³-hybridized carbons (Fsp3) is 0.0588. The number of para-hydroxylation sites is 1. The van der Waals surface area contributed by atoms with Crippen LogP contribution in [0.5, 0.6) is 0 Å². The van der Waals surface area contributed by atoms with Crippen molar-refractivity contribution in [2.24, 2.45) is 0 Å². The predicted octanol–water partition coefficient (Wildman–Crippen LogP) is 4.90. The molecule has 0 aliphatic carbocycles. The zero-order valence-electron chi connectivity index (χ0n) is 13.4. The Bertz CT molecular complexity index is 1020.